The lowest BCUT2D eigenvalue weighted by Crippen LogP contribution is -2.01. The summed E-state index contributed by atoms with van der Waals surface area (Å²) in [5.41, 5.74) is 2.59. The van der Waals surface area contributed by atoms with Crippen molar-refractivity contribution in [3.8, 4) is 11.4 Å². The molecule has 1 N–H and O–H groups in total. The maximum absolute atomic E-state index is 4.81. The van der Waals surface area contributed by atoms with Crippen molar-refractivity contribution >= 4 is 38.7 Å². The summed E-state index contributed by atoms with van der Waals surface area (Å²) in [7, 11) is 1.95. The van der Waals surface area contributed by atoms with E-state index in [1.54, 1.807) is 11.3 Å². The van der Waals surface area contributed by atoms with Crippen LogP contribution in [0.1, 0.15) is 23.3 Å². The fraction of sp³-hybridized carbons (Fsp3) is 0.333. The number of anilines is 1. The van der Waals surface area contributed by atoms with Gasteiger partial charge in [0.15, 0.2) is 5.82 Å². The summed E-state index contributed by atoms with van der Waals surface area (Å²) in [6.45, 7) is 0. The third-order valence-electron chi connectivity index (χ3n) is 3.83. The number of nitrogens with zero attached hydrogens (tertiary/aromatic N) is 2. The third-order valence-corrected chi connectivity index (χ3v) is 5.70. The number of hydrogen-bond acceptors (Lipinski definition) is 5. The van der Waals surface area contributed by atoms with Crippen LogP contribution in [0, 0.1) is 0 Å². The first-order valence-electron chi connectivity index (χ1n) is 6.89. The summed E-state index contributed by atoms with van der Waals surface area (Å²) in [6.07, 6.45) is 4.96. The normalized spacial score (nSPS) is 14.4. The van der Waals surface area contributed by atoms with Gasteiger partial charge in [0.1, 0.15) is 10.6 Å². The fourth-order valence-electron chi connectivity index (χ4n) is 2.86. The van der Waals surface area contributed by atoms with E-state index in [-0.39, 0.29) is 0 Å². The summed E-state index contributed by atoms with van der Waals surface area (Å²) in [5.74, 6) is 1.82. The summed E-state index contributed by atoms with van der Waals surface area (Å²) in [5, 5.41) is 8.70. The van der Waals surface area contributed by atoms with Crippen molar-refractivity contribution in [3.05, 3.63) is 27.3 Å². The monoisotopic (exact) mass is 301 g/mol. The van der Waals surface area contributed by atoms with Crippen molar-refractivity contribution in [1.29, 1.82) is 0 Å². The Bertz CT molecular complexity index is 759. The lowest BCUT2D eigenvalue weighted by Gasteiger charge is -2.11. The Morgan fingerprint density at radius 1 is 1.20 bits per heavy atom. The zero-order chi connectivity index (χ0) is 13.5. The Labute approximate surface area is 125 Å². The molecule has 4 rings (SSSR count). The van der Waals surface area contributed by atoms with Crippen LogP contribution in [0.15, 0.2) is 16.8 Å². The maximum atomic E-state index is 4.81. The summed E-state index contributed by atoms with van der Waals surface area (Å²) >= 11 is 3.54. The number of hydrogen-bond donors (Lipinski definition) is 1. The number of aryl methyl sites for hydroxylation is 2. The predicted octanol–water partition coefficient (Wildman–Crippen LogP) is 4.34. The van der Waals surface area contributed by atoms with Crippen LogP contribution in [0.2, 0.25) is 0 Å². The molecule has 20 heavy (non-hydrogen) atoms. The Morgan fingerprint density at radius 3 is 2.90 bits per heavy atom. The van der Waals surface area contributed by atoms with Gasteiger partial charge in [0.2, 0.25) is 0 Å². The molecule has 0 spiro atoms. The molecule has 5 heteroatoms. The van der Waals surface area contributed by atoms with E-state index in [1.165, 1.54) is 41.5 Å². The molecule has 0 bridgehead atoms. The topological polar surface area (TPSA) is 37.8 Å². The maximum Gasteiger partial charge on any atom is 0.163 e. The number of rotatable bonds is 2. The highest BCUT2D eigenvalue weighted by atomic mass is 32.1. The van der Waals surface area contributed by atoms with Crippen LogP contribution >= 0.6 is 22.7 Å². The van der Waals surface area contributed by atoms with Gasteiger partial charge < -0.3 is 5.32 Å². The molecule has 0 aliphatic heterocycles. The highest BCUT2D eigenvalue weighted by Crippen LogP contribution is 2.39. The molecular weight excluding hydrogens is 286 g/mol. The Morgan fingerprint density at radius 2 is 2.10 bits per heavy atom. The van der Waals surface area contributed by atoms with E-state index in [0.29, 0.717) is 0 Å². The van der Waals surface area contributed by atoms with E-state index in [1.807, 2.05) is 18.4 Å². The molecule has 0 fully saturated rings. The molecule has 0 atom stereocenters. The molecule has 3 heterocycles. The first kappa shape index (κ1) is 12.3. The second-order valence-electron chi connectivity index (χ2n) is 5.05. The second kappa shape index (κ2) is 4.82. The molecule has 0 unspecified atom stereocenters. The molecule has 102 valence electrons. The summed E-state index contributed by atoms with van der Waals surface area (Å²) < 4.78 is 0. The van der Waals surface area contributed by atoms with Crippen LogP contribution in [0.5, 0.6) is 0 Å². The smallest absolute Gasteiger partial charge is 0.163 e. The van der Waals surface area contributed by atoms with E-state index in [4.69, 9.17) is 9.97 Å². The van der Waals surface area contributed by atoms with E-state index in [9.17, 15) is 0 Å². The van der Waals surface area contributed by atoms with Gasteiger partial charge in [-0.15, -0.1) is 11.3 Å². The quantitative estimate of drug-likeness (QED) is 0.765. The van der Waals surface area contributed by atoms with Gasteiger partial charge in [-0.25, -0.2) is 9.97 Å². The van der Waals surface area contributed by atoms with Crippen LogP contribution in [-0.2, 0) is 12.8 Å². The van der Waals surface area contributed by atoms with Crippen molar-refractivity contribution in [2.75, 3.05) is 12.4 Å². The Hall–Kier alpha value is -1.46. The first-order valence-corrected chi connectivity index (χ1v) is 8.65. The minimum atomic E-state index is 0.835. The minimum Gasteiger partial charge on any atom is -0.372 e. The lowest BCUT2D eigenvalue weighted by molar-refractivity contribution is 0.700. The zero-order valence-electron chi connectivity index (χ0n) is 11.3. The van der Waals surface area contributed by atoms with Gasteiger partial charge in [-0.1, -0.05) is 0 Å². The lowest BCUT2D eigenvalue weighted by atomic mass is 9.97. The van der Waals surface area contributed by atoms with Gasteiger partial charge in [0.25, 0.3) is 0 Å². The molecule has 0 aromatic carbocycles. The minimum absolute atomic E-state index is 0.835. The second-order valence-corrected chi connectivity index (χ2v) is 6.91. The van der Waals surface area contributed by atoms with Crippen molar-refractivity contribution in [1.82, 2.24) is 9.97 Å². The van der Waals surface area contributed by atoms with Crippen molar-refractivity contribution in [3.63, 3.8) is 0 Å². The fourth-order valence-corrected chi connectivity index (χ4v) is 4.75. The van der Waals surface area contributed by atoms with Crippen molar-refractivity contribution in [2.24, 2.45) is 0 Å². The molecule has 1 aliphatic rings. The van der Waals surface area contributed by atoms with Gasteiger partial charge in [-0.05, 0) is 42.7 Å². The Kier molecular flexibility index (Phi) is 2.97. The van der Waals surface area contributed by atoms with Crippen molar-refractivity contribution < 1.29 is 0 Å². The highest BCUT2D eigenvalue weighted by molar-refractivity contribution is 7.19. The summed E-state index contributed by atoms with van der Waals surface area (Å²) in [4.78, 5) is 12.2. The van der Waals surface area contributed by atoms with Crippen molar-refractivity contribution in [2.45, 2.75) is 25.7 Å². The van der Waals surface area contributed by atoms with Gasteiger partial charge in [0, 0.05) is 22.9 Å². The highest BCUT2D eigenvalue weighted by Gasteiger charge is 2.21. The molecule has 3 aromatic rings. The van der Waals surface area contributed by atoms with Crippen LogP contribution in [0.4, 0.5) is 5.82 Å². The molecule has 0 amide bonds. The van der Waals surface area contributed by atoms with Crippen LogP contribution in [0.25, 0.3) is 21.6 Å². The summed E-state index contributed by atoms with van der Waals surface area (Å²) in [6, 6.07) is 2.08. The molecule has 0 saturated carbocycles. The molecule has 0 saturated heterocycles. The van der Waals surface area contributed by atoms with Gasteiger partial charge in [0.05, 0.1) is 5.39 Å². The van der Waals surface area contributed by atoms with Crippen LogP contribution in [-0.4, -0.2) is 17.0 Å². The third kappa shape index (κ3) is 1.84. The number of nitrogens with one attached hydrogen (secondary N) is 1. The number of thiophene rings is 2. The zero-order valence-corrected chi connectivity index (χ0v) is 12.9. The van der Waals surface area contributed by atoms with Crippen LogP contribution < -0.4 is 5.32 Å². The van der Waals surface area contributed by atoms with E-state index >= 15 is 0 Å². The van der Waals surface area contributed by atoms with E-state index in [0.717, 1.165) is 22.0 Å². The largest absolute Gasteiger partial charge is 0.372 e. The molecule has 0 radical (unpaired) electrons. The first-order chi connectivity index (χ1) is 9.86. The van der Waals surface area contributed by atoms with Gasteiger partial charge >= 0.3 is 0 Å². The van der Waals surface area contributed by atoms with Crippen LogP contribution in [0.3, 0.4) is 0 Å². The van der Waals surface area contributed by atoms with E-state index < -0.39 is 0 Å². The number of aromatic nitrogens is 2. The SMILES string of the molecule is CNc1nc(-c2ccsc2)nc2sc3c(c12)CCCC3. The standard InChI is InChI=1S/C15H15N3S2/c1-16-14-12-10-4-2-3-5-11(10)20-15(12)18-13(17-14)9-6-7-19-8-9/h6-8H,2-5H2,1H3,(H,16,17,18). The number of fused-ring (bicyclic) bond motifs is 3. The van der Waals surface area contributed by atoms with Gasteiger partial charge in [-0.2, -0.15) is 11.3 Å². The predicted molar refractivity (Wildman–Crippen MR) is 86.9 cm³/mol. The average Bonchev–Trinajstić information content (AvgIpc) is 3.13. The van der Waals surface area contributed by atoms with E-state index in [2.05, 4.69) is 22.1 Å². The Balaban J connectivity index is 1.99. The molecule has 3 nitrogen and oxygen atoms in total. The molecular formula is C15H15N3S2. The molecule has 1 aliphatic carbocycles. The van der Waals surface area contributed by atoms with Gasteiger partial charge in [-0.3, -0.25) is 0 Å². The molecule has 3 aromatic heterocycles. The average molecular weight is 301 g/mol.